The highest BCUT2D eigenvalue weighted by atomic mass is 35.5. The van der Waals surface area contributed by atoms with Gasteiger partial charge in [-0.1, -0.05) is 17.7 Å². The van der Waals surface area contributed by atoms with Gasteiger partial charge in [-0.05, 0) is 12.1 Å². The van der Waals surface area contributed by atoms with Gasteiger partial charge in [0.05, 0.1) is 12.0 Å². The molecule has 0 spiro atoms. The Bertz CT molecular complexity index is 258. The molecule has 0 saturated heterocycles. The second-order valence-corrected chi connectivity index (χ2v) is 3.02. The summed E-state index contributed by atoms with van der Waals surface area (Å²) in [5.41, 5.74) is 0.0640. The summed E-state index contributed by atoms with van der Waals surface area (Å²) in [4.78, 5) is 0. The van der Waals surface area contributed by atoms with Crippen molar-refractivity contribution >= 4 is 23.2 Å². The molecule has 1 nitrogen and oxygen atoms in total. The van der Waals surface area contributed by atoms with Crippen LogP contribution in [0, 0.1) is 5.82 Å². The number of hydrogen-bond acceptors (Lipinski definition) is 1. The largest absolute Gasteiger partial charge is 0.387 e. The molecule has 0 aliphatic heterocycles. The second-order valence-electron chi connectivity index (χ2n) is 2.31. The molecule has 1 rings (SSSR count). The SMILES string of the molecule is OC(CCl)c1c(F)cccc1Cl. The number of alkyl halides is 1. The Labute approximate surface area is 79.7 Å². The first-order chi connectivity index (χ1) is 5.66. The van der Waals surface area contributed by atoms with Gasteiger partial charge in [0.25, 0.3) is 0 Å². The summed E-state index contributed by atoms with van der Waals surface area (Å²) in [7, 11) is 0. The molecule has 1 unspecified atom stereocenters. The van der Waals surface area contributed by atoms with Gasteiger partial charge in [-0.25, -0.2) is 4.39 Å². The lowest BCUT2D eigenvalue weighted by Crippen LogP contribution is -2.02. The summed E-state index contributed by atoms with van der Waals surface area (Å²) < 4.78 is 13.0. The Balaban J connectivity index is 3.12. The van der Waals surface area contributed by atoms with Crippen LogP contribution in [0.25, 0.3) is 0 Å². The minimum atomic E-state index is -1.04. The fraction of sp³-hybridized carbons (Fsp3) is 0.250. The summed E-state index contributed by atoms with van der Waals surface area (Å²) in [6, 6.07) is 4.22. The average molecular weight is 209 g/mol. The number of halogens is 3. The molecule has 1 atom stereocenters. The monoisotopic (exact) mass is 208 g/mol. The molecule has 0 fully saturated rings. The third-order valence-electron chi connectivity index (χ3n) is 1.48. The van der Waals surface area contributed by atoms with Gasteiger partial charge in [0.15, 0.2) is 0 Å². The standard InChI is InChI=1S/C8H7Cl2FO/c9-4-7(12)8-5(10)2-1-3-6(8)11/h1-3,7,12H,4H2. The van der Waals surface area contributed by atoms with E-state index in [0.29, 0.717) is 0 Å². The van der Waals surface area contributed by atoms with Crippen LogP contribution in [0.1, 0.15) is 11.7 Å². The zero-order valence-electron chi connectivity index (χ0n) is 6.10. The molecule has 0 bridgehead atoms. The van der Waals surface area contributed by atoms with E-state index in [0.717, 1.165) is 0 Å². The third-order valence-corrected chi connectivity index (χ3v) is 2.10. The molecule has 0 radical (unpaired) electrons. The maximum absolute atomic E-state index is 13.0. The molecule has 0 aliphatic rings. The van der Waals surface area contributed by atoms with E-state index in [1.54, 1.807) is 0 Å². The van der Waals surface area contributed by atoms with Crippen molar-refractivity contribution in [3.8, 4) is 0 Å². The summed E-state index contributed by atoms with van der Waals surface area (Å²) in [5, 5.41) is 9.43. The first kappa shape index (κ1) is 9.78. The minimum absolute atomic E-state index is 0.0640. The number of aliphatic hydroxyl groups is 1. The molecule has 0 saturated carbocycles. The molecule has 4 heteroatoms. The molecule has 0 aliphatic carbocycles. The highest BCUT2D eigenvalue weighted by Gasteiger charge is 2.14. The van der Waals surface area contributed by atoms with Crippen molar-refractivity contribution in [2.24, 2.45) is 0 Å². The highest BCUT2D eigenvalue weighted by Crippen LogP contribution is 2.26. The van der Waals surface area contributed by atoms with E-state index in [9.17, 15) is 9.50 Å². The number of benzene rings is 1. The smallest absolute Gasteiger partial charge is 0.130 e. The molecule has 66 valence electrons. The van der Waals surface area contributed by atoms with Crippen LogP contribution < -0.4 is 0 Å². The molecule has 1 aromatic carbocycles. The van der Waals surface area contributed by atoms with E-state index in [-0.39, 0.29) is 16.5 Å². The number of rotatable bonds is 2. The Morgan fingerprint density at radius 3 is 2.67 bits per heavy atom. The van der Waals surface area contributed by atoms with Crippen LogP contribution in [-0.2, 0) is 0 Å². The van der Waals surface area contributed by atoms with Crippen molar-refractivity contribution in [2.45, 2.75) is 6.10 Å². The zero-order valence-corrected chi connectivity index (χ0v) is 7.61. The Morgan fingerprint density at radius 2 is 2.17 bits per heavy atom. The van der Waals surface area contributed by atoms with Crippen molar-refractivity contribution in [2.75, 3.05) is 5.88 Å². The lowest BCUT2D eigenvalue weighted by molar-refractivity contribution is 0.197. The van der Waals surface area contributed by atoms with Crippen LogP contribution in [0.2, 0.25) is 5.02 Å². The highest BCUT2D eigenvalue weighted by molar-refractivity contribution is 6.31. The number of hydrogen-bond donors (Lipinski definition) is 1. The van der Waals surface area contributed by atoms with Crippen LogP contribution >= 0.6 is 23.2 Å². The average Bonchev–Trinajstić information content (AvgIpc) is 2.03. The van der Waals surface area contributed by atoms with Crippen molar-refractivity contribution in [3.63, 3.8) is 0 Å². The van der Waals surface area contributed by atoms with Gasteiger partial charge < -0.3 is 5.11 Å². The van der Waals surface area contributed by atoms with Gasteiger partial charge in [0.2, 0.25) is 0 Å². The lowest BCUT2D eigenvalue weighted by Gasteiger charge is -2.09. The predicted molar refractivity (Wildman–Crippen MR) is 47.1 cm³/mol. The van der Waals surface area contributed by atoms with Gasteiger partial charge in [-0.3, -0.25) is 0 Å². The van der Waals surface area contributed by atoms with E-state index >= 15 is 0 Å². The lowest BCUT2D eigenvalue weighted by atomic mass is 10.1. The molecular formula is C8H7Cl2FO. The maximum atomic E-state index is 13.0. The summed E-state index contributed by atoms with van der Waals surface area (Å²) in [6.45, 7) is 0. The fourth-order valence-corrected chi connectivity index (χ4v) is 1.35. The van der Waals surface area contributed by atoms with Crippen molar-refractivity contribution in [1.29, 1.82) is 0 Å². The first-order valence-electron chi connectivity index (χ1n) is 3.34. The van der Waals surface area contributed by atoms with Crippen LogP contribution in [0.5, 0.6) is 0 Å². The number of aliphatic hydroxyl groups excluding tert-OH is 1. The summed E-state index contributed by atoms with van der Waals surface area (Å²) in [6.07, 6.45) is -1.04. The molecule has 0 heterocycles. The molecule has 0 amide bonds. The van der Waals surface area contributed by atoms with Gasteiger partial charge >= 0.3 is 0 Å². The van der Waals surface area contributed by atoms with E-state index in [1.807, 2.05) is 0 Å². The Kier molecular flexibility index (Phi) is 3.32. The van der Waals surface area contributed by atoms with E-state index in [2.05, 4.69) is 0 Å². The van der Waals surface area contributed by atoms with Crippen LogP contribution in [0.3, 0.4) is 0 Å². The van der Waals surface area contributed by atoms with Crippen molar-refractivity contribution < 1.29 is 9.50 Å². The van der Waals surface area contributed by atoms with Crippen LogP contribution in [0.15, 0.2) is 18.2 Å². The van der Waals surface area contributed by atoms with E-state index < -0.39 is 11.9 Å². The zero-order chi connectivity index (χ0) is 9.14. The van der Waals surface area contributed by atoms with E-state index in [1.165, 1.54) is 18.2 Å². The molecular weight excluding hydrogens is 202 g/mol. The van der Waals surface area contributed by atoms with Gasteiger partial charge in [-0.15, -0.1) is 11.6 Å². The second kappa shape index (κ2) is 4.08. The quantitative estimate of drug-likeness (QED) is 0.742. The predicted octanol–water partition coefficient (Wildman–Crippen LogP) is 2.75. The molecule has 0 aromatic heterocycles. The Hall–Kier alpha value is -0.310. The van der Waals surface area contributed by atoms with Gasteiger partial charge in [0.1, 0.15) is 5.82 Å². The molecule has 1 N–H and O–H groups in total. The van der Waals surface area contributed by atoms with Crippen LogP contribution in [-0.4, -0.2) is 11.0 Å². The maximum Gasteiger partial charge on any atom is 0.130 e. The molecule has 1 aromatic rings. The first-order valence-corrected chi connectivity index (χ1v) is 4.26. The third kappa shape index (κ3) is 1.89. The Morgan fingerprint density at radius 1 is 1.50 bits per heavy atom. The van der Waals surface area contributed by atoms with Crippen LogP contribution in [0.4, 0.5) is 4.39 Å². The van der Waals surface area contributed by atoms with Crippen molar-refractivity contribution in [3.05, 3.63) is 34.6 Å². The van der Waals surface area contributed by atoms with Gasteiger partial charge in [0, 0.05) is 10.6 Å². The van der Waals surface area contributed by atoms with Crippen molar-refractivity contribution in [1.82, 2.24) is 0 Å². The minimum Gasteiger partial charge on any atom is -0.387 e. The molecule has 12 heavy (non-hydrogen) atoms. The fourth-order valence-electron chi connectivity index (χ4n) is 0.906. The van der Waals surface area contributed by atoms with Gasteiger partial charge in [-0.2, -0.15) is 0 Å². The normalized spacial score (nSPS) is 13.0. The summed E-state index contributed by atoms with van der Waals surface area (Å²) in [5.74, 6) is -0.601. The topological polar surface area (TPSA) is 20.2 Å². The summed E-state index contributed by atoms with van der Waals surface area (Å²) >= 11 is 11.0. The van der Waals surface area contributed by atoms with E-state index in [4.69, 9.17) is 23.2 Å².